The van der Waals surface area contributed by atoms with Gasteiger partial charge in [-0.2, -0.15) is 14.1 Å². The smallest absolute Gasteiger partial charge is 0.266 e. The number of hydrogen-bond donors (Lipinski definition) is 0. The maximum atomic E-state index is 13.3. The van der Waals surface area contributed by atoms with Crippen molar-refractivity contribution in [1.82, 2.24) is 14.1 Å². The van der Waals surface area contributed by atoms with Crippen LogP contribution >= 0.6 is 23.2 Å². The van der Waals surface area contributed by atoms with Gasteiger partial charge in [-0.25, -0.2) is 8.42 Å². The van der Waals surface area contributed by atoms with Gasteiger partial charge in [-0.1, -0.05) is 42.5 Å². The van der Waals surface area contributed by atoms with E-state index in [1.54, 1.807) is 16.4 Å². The summed E-state index contributed by atoms with van der Waals surface area (Å²) in [4.78, 5) is 12.5. The number of sulfonamides is 1. The zero-order valence-electron chi connectivity index (χ0n) is 15.2. The Morgan fingerprint density at radius 2 is 1.57 bits per heavy atom. The first kappa shape index (κ1) is 19.9. The first-order valence-electron chi connectivity index (χ1n) is 9.47. The molecule has 2 fully saturated rings. The SMILES string of the molecule is O=c1c(Cl)c(Cl)cnn1-c1ccc(S(=O)(=O)N(C2CCCCC2)C2CC2)cc1. The lowest BCUT2D eigenvalue weighted by Gasteiger charge is -2.33. The molecule has 9 heteroatoms. The minimum Gasteiger partial charge on any atom is -0.266 e. The van der Waals surface area contributed by atoms with Crippen molar-refractivity contribution in [3.05, 3.63) is 50.9 Å². The molecule has 28 heavy (non-hydrogen) atoms. The normalized spacial score (nSPS) is 18.5. The highest BCUT2D eigenvalue weighted by atomic mass is 35.5. The van der Waals surface area contributed by atoms with Gasteiger partial charge in [-0.3, -0.25) is 4.79 Å². The largest absolute Gasteiger partial charge is 0.291 e. The zero-order valence-corrected chi connectivity index (χ0v) is 17.6. The van der Waals surface area contributed by atoms with Crippen LogP contribution in [0.25, 0.3) is 5.69 Å². The molecule has 0 atom stereocenters. The molecule has 1 heterocycles. The van der Waals surface area contributed by atoms with E-state index in [0.717, 1.165) is 43.2 Å². The van der Waals surface area contributed by atoms with E-state index in [1.165, 1.54) is 24.8 Å². The van der Waals surface area contributed by atoms with Gasteiger partial charge in [0.15, 0.2) is 0 Å². The third kappa shape index (κ3) is 3.73. The standard InChI is InChI=1S/C19H21Cl2N3O3S/c20-17-12-22-23(19(25)18(17)21)13-8-10-16(11-9-13)28(26,27)24(15-6-7-15)14-4-2-1-3-5-14/h8-12,14-15H,1-7H2. The first-order valence-corrected chi connectivity index (χ1v) is 11.7. The third-order valence-electron chi connectivity index (χ3n) is 5.37. The summed E-state index contributed by atoms with van der Waals surface area (Å²) in [6.07, 6.45) is 8.32. The van der Waals surface area contributed by atoms with Crippen LogP contribution in [0.15, 0.2) is 40.2 Å². The van der Waals surface area contributed by atoms with Gasteiger partial charge >= 0.3 is 0 Å². The van der Waals surface area contributed by atoms with E-state index in [4.69, 9.17) is 23.2 Å². The third-order valence-corrected chi connectivity index (χ3v) is 8.14. The Bertz CT molecular complexity index is 1030. The van der Waals surface area contributed by atoms with E-state index in [9.17, 15) is 13.2 Å². The fraction of sp³-hybridized carbons (Fsp3) is 0.474. The summed E-state index contributed by atoms with van der Waals surface area (Å²) in [7, 11) is -3.58. The van der Waals surface area contributed by atoms with Gasteiger partial charge in [0.1, 0.15) is 5.02 Å². The molecule has 0 bridgehead atoms. The molecule has 1 aromatic carbocycles. The van der Waals surface area contributed by atoms with E-state index in [0.29, 0.717) is 5.69 Å². The molecule has 2 aliphatic carbocycles. The minimum atomic E-state index is -3.58. The Morgan fingerprint density at radius 3 is 2.18 bits per heavy atom. The van der Waals surface area contributed by atoms with E-state index in [1.807, 2.05) is 0 Å². The topological polar surface area (TPSA) is 72.3 Å². The van der Waals surface area contributed by atoms with Crippen LogP contribution in [0.2, 0.25) is 10.0 Å². The van der Waals surface area contributed by atoms with Gasteiger partial charge in [-0.15, -0.1) is 0 Å². The summed E-state index contributed by atoms with van der Waals surface area (Å²) in [5, 5.41) is 3.93. The fourth-order valence-corrected chi connectivity index (χ4v) is 6.02. The summed E-state index contributed by atoms with van der Waals surface area (Å²) in [6, 6.07) is 6.39. The molecule has 0 radical (unpaired) electrons. The monoisotopic (exact) mass is 441 g/mol. The van der Waals surface area contributed by atoms with Gasteiger partial charge in [0.05, 0.1) is 21.8 Å². The van der Waals surface area contributed by atoms with Crippen LogP contribution in [0, 0.1) is 0 Å². The zero-order chi connectivity index (χ0) is 19.9. The van der Waals surface area contributed by atoms with Gasteiger partial charge in [0.25, 0.3) is 5.56 Å². The molecule has 0 spiro atoms. The summed E-state index contributed by atoms with van der Waals surface area (Å²) in [5.41, 5.74) is -0.121. The second-order valence-electron chi connectivity index (χ2n) is 7.38. The number of halogens is 2. The number of hydrogen-bond acceptors (Lipinski definition) is 4. The van der Waals surface area contributed by atoms with Crippen LogP contribution in [0.1, 0.15) is 44.9 Å². The van der Waals surface area contributed by atoms with E-state index in [2.05, 4.69) is 5.10 Å². The summed E-state index contributed by atoms with van der Waals surface area (Å²) in [5.74, 6) is 0. The van der Waals surface area contributed by atoms with Crippen molar-refractivity contribution in [2.75, 3.05) is 0 Å². The average molecular weight is 442 g/mol. The molecule has 0 unspecified atom stereocenters. The Labute approximate surface area is 174 Å². The van der Waals surface area contributed by atoms with Crippen molar-refractivity contribution >= 4 is 33.2 Å². The van der Waals surface area contributed by atoms with E-state index >= 15 is 0 Å². The van der Waals surface area contributed by atoms with E-state index in [-0.39, 0.29) is 27.0 Å². The van der Waals surface area contributed by atoms with Gasteiger partial charge < -0.3 is 0 Å². The Hall–Kier alpha value is -1.41. The number of benzene rings is 1. The lowest BCUT2D eigenvalue weighted by atomic mass is 9.95. The second-order valence-corrected chi connectivity index (χ2v) is 10.0. The molecule has 6 nitrogen and oxygen atoms in total. The summed E-state index contributed by atoms with van der Waals surface area (Å²) in [6.45, 7) is 0. The van der Waals surface area contributed by atoms with Gasteiger partial charge in [0.2, 0.25) is 10.0 Å². The van der Waals surface area contributed by atoms with Crippen molar-refractivity contribution in [3.8, 4) is 5.69 Å². The average Bonchev–Trinajstić information content (AvgIpc) is 3.52. The Balaban J connectivity index is 1.66. The number of aromatic nitrogens is 2. The van der Waals surface area contributed by atoms with Crippen molar-refractivity contribution in [3.63, 3.8) is 0 Å². The van der Waals surface area contributed by atoms with Crippen LogP contribution in [0.5, 0.6) is 0 Å². The predicted molar refractivity (Wildman–Crippen MR) is 109 cm³/mol. The quantitative estimate of drug-likeness (QED) is 0.701. The molecule has 2 aliphatic rings. The summed E-state index contributed by atoms with van der Waals surface area (Å²) >= 11 is 11.7. The lowest BCUT2D eigenvalue weighted by molar-refractivity contribution is 0.246. The second kappa shape index (κ2) is 7.78. The molecule has 1 aromatic heterocycles. The molecule has 0 saturated heterocycles. The van der Waals surface area contributed by atoms with Crippen molar-refractivity contribution < 1.29 is 8.42 Å². The van der Waals surface area contributed by atoms with Crippen molar-refractivity contribution in [2.45, 2.75) is 61.9 Å². The molecule has 2 saturated carbocycles. The van der Waals surface area contributed by atoms with Crippen molar-refractivity contribution in [2.24, 2.45) is 0 Å². The number of nitrogens with zero attached hydrogens (tertiary/aromatic N) is 3. The molecule has 0 amide bonds. The molecule has 4 rings (SSSR count). The molecular formula is C19H21Cl2N3O3S. The fourth-order valence-electron chi connectivity index (χ4n) is 3.83. The highest BCUT2D eigenvalue weighted by molar-refractivity contribution is 7.89. The Kier molecular flexibility index (Phi) is 5.53. The van der Waals surface area contributed by atoms with Crippen LogP contribution in [0.4, 0.5) is 0 Å². The molecular weight excluding hydrogens is 421 g/mol. The summed E-state index contributed by atoms with van der Waals surface area (Å²) < 4.78 is 29.5. The van der Waals surface area contributed by atoms with Gasteiger partial charge in [-0.05, 0) is 49.9 Å². The molecule has 0 N–H and O–H groups in total. The van der Waals surface area contributed by atoms with Gasteiger partial charge in [0, 0.05) is 12.1 Å². The predicted octanol–water partition coefficient (Wildman–Crippen LogP) is 4.03. The van der Waals surface area contributed by atoms with Crippen molar-refractivity contribution in [1.29, 1.82) is 0 Å². The van der Waals surface area contributed by atoms with Crippen LogP contribution in [0.3, 0.4) is 0 Å². The maximum Gasteiger partial charge on any atom is 0.291 e. The molecule has 2 aromatic rings. The van der Waals surface area contributed by atoms with E-state index < -0.39 is 15.6 Å². The highest BCUT2D eigenvalue weighted by Crippen LogP contribution is 2.38. The maximum absolute atomic E-state index is 13.3. The van der Waals surface area contributed by atoms with Crippen LogP contribution < -0.4 is 5.56 Å². The molecule has 150 valence electrons. The molecule has 0 aliphatic heterocycles. The number of rotatable bonds is 5. The van der Waals surface area contributed by atoms with Crippen LogP contribution in [-0.4, -0.2) is 34.6 Å². The minimum absolute atomic E-state index is 0.0784. The van der Waals surface area contributed by atoms with Crippen LogP contribution in [-0.2, 0) is 10.0 Å². The first-order chi connectivity index (χ1) is 13.4. The highest BCUT2D eigenvalue weighted by Gasteiger charge is 2.42. The Morgan fingerprint density at radius 1 is 0.964 bits per heavy atom. The lowest BCUT2D eigenvalue weighted by Crippen LogP contribution is -2.42.